The van der Waals surface area contributed by atoms with Crippen LogP contribution in [0.1, 0.15) is 51.4 Å². The van der Waals surface area contributed by atoms with E-state index in [1.807, 2.05) is 0 Å². The zero-order valence-electron chi connectivity index (χ0n) is 19.0. The number of carboxylic acid groups (broad SMARTS) is 2. The Balaban J connectivity index is -0.000000207. The number of carbonyl (C=O) groups excluding carboxylic acids is 2. The van der Waals surface area contributed by atoms with E-state index in [2.05, 4.69) is 23.7 Å². The van der Waals surface area contributed by atoms with Crippen LogP contribution < -0.4 is 0 Å². The Hall–Kier alpha value is -3.96. The van der Waals surface area contributed by atoms with Gasteiger partial charge in [-0.25, -0.2) is 0 Å². The Morgan fingerprint density at radius 3 is 1.03 bits per heavy atom. The molecule has 34 heavy (non-hydrogen) atoms. The van der Waals surface area contributed by atoms with Crippen LogP contribution in [0.4, 0.5) is 0 Å². The molecule has 0 saturated carbocycles. The van der Waals surface area contributed by atoms with Crippen LogP contribution in [0, 0.1) is 49.4 Å². The van der Waals surface area contributed by atoms with Gasteiger partial charge in [0.05, 0.1) is 38.9 Å². The molecular weight excluding hydrogens is 448 g/mol. The lowest BCUT2D eigenvalue weighted by atomic mass is 10.3. The number of terminal acetylenes is 4. The first kappa shape index (κ1) is 37.4. The Kier molecular flexibility index (Phi) is 37.0. The predicted molar refractivity (Wildman–Crippen MR) is 124 cm³/mol. The molecule has 0 radical (unpaired) electrons. The van der Waals surface area contributed by atoms with Gasteiger partial charge in [0.2, 0.25) is 0 Å². The summed E-state index contributed by atoms with van der Waals surface area (Å²) >= 11 is 0. The van der Waals surface area contributed by atoms with Crippen LogP contribution in [0.2, 0.25) is 0 Å². The fraction of sp³-hybridized carbons (Fsp3) is 0.500. The predicted octanol–water partition coefficient (Wildman–Crippen LogP) is 0.839. The number of carbonyl (C=O) groups is 4. The van der Waals surface area contributed by atoms with Crippen molar-refractivity contribution in [2.75, 3.05) is 26.4 Å². The van der Waals surface area contributed by atoms with E-state index in [9.17, 15) is 19.2 Å². The van der Waals surface area contributed by atoms with Gasteiger partial charge in [0.1, 0.15) is 13.2 Å². The van der Waals surface area contributed by atoms with Crippen molar-refractivity contribution >= 4 is 23.9 Å². The van der Waals surface area contributed by atoms with Crippen LogP contribution in [-0.2, 0) is 28.7 Å². The lowest BCUT2D eigenvalue weighted by Gasteiger charge is -2.03. The highest BCUT2D eigenvalue weighted by atomic mass is 16.5. The molecule has 0 unspecified atom stereocenters. The number of ether oxygens (including phenoxy) is 2. The van der Waals surface area contributed by atoms with Crippen molar-refractivity contribution in [3.05, 3.63) is 0 Å². The highest BCUT2D eigenvalue weighted by Gasteiger charge is 2.08. The van der Waals surface area contributed by atoms with E-state index in [1.165, 1.54) is 0 Å². The first-order valence-electron chi connectivity index (χ1n) is 9.86. The Labute approximate surface area is 200 Å². The number of aliphatic hydroxyl groups is 2. The molecule has 0 aliphatic heterocycles. The van der Waals surface area contributed by atoms with Gasteiger partial charge in [-0.2, -0.15) is 0 Å². The molecule has 0 saturated heterocycles. The van der Waals surface area contributed by atoms with Crippen LogP contribution in [-0.4, -0.2) is 70.7 Å². The molecule has 0 bridgehead atoms. The summed E-state index contributed by atoms with van der Waals surface area (Å²) in [5, 5.41) is 31.6. The van der Waals surface area contributed by atoms with E-state index < -0.39 is 23.9 Å². The van der Waals surface area contributed by atoms with Crippen molar-refractivity contribution in [3.63, 3.8) is 0 Å². The van der Waals surface area contributed by atoms with Crippen LogP contribution in [0.3, 0.4) is 0 Å². The number of aliphatic carboxylic acids is 2. The standard InChI is InChI=1S/C12H14O4.C4H6O4.2C4H6O/c1-3-5-9-15-11(13)7-8-12(14)16-10-6-4-2;5-3(6)1-2-4(7)8;2*1-2-3-4-5/h1-2H,5-10H2;1-2H2,(H,5,6)(H,7,8);2*1,5H,3-4H2. The molecule has 0 aromatic heterocycles. The van der Waals surface area contributed by atoms with Gasteiger partial charge in [-0.05, 0) is 0 Å². The molecule has 0 aromatic carbocycles. The highest BCUT2D eigenvalue weighted by Crippen LogP contribution is 1.97. The van der Waals surface area contributed by atoms with Gasteiger partial charge in [0, 0.05) is 25.7 Å². The van der Waals surface area contributed by atoms with E-state index in [0.717, 1.165) is 0 Å². The topological polar surface area (TPSA) is 168 Å². The van der Waals surface area contributed by atoms with Gasteiger partial charge in [-0.1, -0.05) is 0 Å². The lowest BCUT2D eigenvalue weighted by Crippen LogP contribution is -2.11. The maximum absolute atomic E-state index is 11.0. The van der Waals surface area contributed by atoms with E-state index in [0.29, 0.717) is 25.7 Å². The molecule has 0 aliphatic carbocycles. The zero-order valence-corrected chi connectivity index (χ0v) is 19.0. The van der Waals surface area contributed by atoms with Crippen molar-refractivity contribution in [1.82, 2.24) is 0 Å². The molecule has 0 spiro atoms. The molecular formula is C24H32O10. The lowest BCUT2D eigenvalue weighted by molar-refractivity contribution is -0.150. The third-order valence-electron chi connectivity index (χ3n) is 2.62. The third-order valence-corrected chi connectivity index (χ3v) is 2.62. The fourth-order valence-electron chi connectivity index (χ4n) is 1.14. The summed E-state index contributed by atoms with van der Waals surface area (Å²) in [6, 6.07) is 0. The molecule has 10 heteroatoms. The number of rotatable bonds is 12. The average Bonchev–Trinajstić information content (AvgIpc) is 2.79. The van der Waals surface area contributed by atoms with Crippen LogP contribution in [0.15, 0.2) is 0 Å². The smallest absolute Gasteiger partial charge is 0.306 e. The summed E-state index contributed by atoms with van der Waals surface area (Å²) in [6.45, 7) is 0.579. The normalized spacial score (nSPS) is 7.94. The molecule has 0 amide bonds. The molecule has 4 N–H and O–H groups in total. The molecule has 0 aromatic rings. The summed E-state index contributed by atoms with van der Waals surface area (Å²) in [4.78, 5) is 41.3. The van der Waals surface area contributed by atoms with Gasteiger partial charge in [-0.15, -0.1) is 49.4 Å². The minimum absolute atomic E-state index is 0.000537. The summed E-state index contributed by atoms with van der Waals surface area (Å²) in [7, 11) is 0. The van der Waals surface area contributed by atoms with E-state index in [-0.39, 0.29) is 52.1 Å². The second-order valence-electron chi connectivity index (χ2n) is 5.49. The van der Waals surface area contributed by atoms with Gasteiger partial charge in [0.25, 0.3) is 0 Å². The Morgan fingerprint density at radius 1 is 0.559 bits per heavy atom. The first-order valence-corrected chi connectivity index (χ1v) is 9.86. The third kappa shape index (κ3) is 51.1. The molecule has 10 nitrogen and oxygen atoms in total. The van der Waals surface area contributed by atoms with Gasteiger partial charge in [-0.3, -0.25) is 19.2 Å². The van der Waals surface area contributed by atoms with Gasteiger partial charge >= 0.3 is 23.9 Å². The van der Waals surface area contributed by atoms with Crippen molar-refractivity contribution < 1.29 is 49.1 Å². The fourth-order valence-corrected chi connectivity index (χ4v) is 1.14. The van der Waals surface area contributed by atoms with Crippen molar-refractivity contribution in [3.8, 4) is 49.4 Å². The van der Waals surface area contributed by atoms with Crippen LogP contribution in [0.25, 0.3) is 0 Å². The number of hydrogen-bond acceptors (Lipinski definition) is 8. The van der Waals surface area contributed by atoms with Crippen LogP contribution >= 0.6 is 0 Å². The van der Waals surface area contributed by atoms with E-state index in [1.54, 1.807) is 0 Å². The molecule has 188 valence electrons. The molecule has 0 aliphatic rings. The minimum Gasteiger partial charge on any atom is -0.481 e. The maximum atomic E-state index is 11.0. The molecule has 0 rings (SSSR count). The SMILES string of the molecule is C#CCCO.C#CCCO.C#CCCOC(=O)CCC(=O)OCCC#C.O=C(O)CCC(=O)O. The maximum Gasteiger partial charge on any atom is 0.306 e. The van der Waals surface area contributed by atoms with Crippen molar-refractivity contribution in [1.29, 1.82) is 0 Å². The second kappa shape index (κ2) is 33.7. The number of aliphatic hydroxyl groups excluding tert-OH is 2. The van der Waals surface area contributed by atoms with E-state index >= 15 is 0 Å². The number of esters is 2. The second-order valence-corrected chi connectivity index (χ2v) is 5.49. The Morgan fingerprint density at radius 2 is 0.853 bits per heavy atom. The summed E-state index contributed by atoms with van der Waals surface area (Å²) in [5.74, 6) is 6.14. The minimum atomic E-state index is -1.08. The first-order chi connectivity index (χ1) is 16.2. The molecule has 0 atom stereocenters. The Bertz CT molecular complexity index is 652. The van der Waals surface area contributed by atoms with Crippen molar-refractivity contribution in [2.24, 2.45) is 0 Å². The molecule has 0 fully saturated rings. The quantitative estimate of drug-likeness (QED) is 0.178. The van der Waals surface area contributed by atoms with Gasteiger partial charge in [0.15, 0.2) is 0 Å². The summed E-state index contributed by atoms with van der Waals surface area (Å²) < 4.78 is 9.47. The number of carboxylic acids is 2. The monoisotopic (exact) mass is 480 g/mol. The highest BCUT2D eigenvalue weighted by molar-refractivity contribution is 5.77. The average molecular weight is 481 g/mol. The molecule has 0 heterocycles. The summed E-state index contributed by atoms with van der Waals surface area (Å²) in [5.41, 5.74) is 0. The number of hydrogen-bond donors (Lipinski definition) is 4. The zero-order chi connectivity index (χ0) is 27.0. The van der Waals surface area contributed by atoms with Gasteiger partial charge < -0.3 is 29.9 Å². The van der Waals surface area contributed by atoms with E-state index in [4.69, 9.17) is 55.6 Å². The largest absolute Gasteiger partial charge is 0.481 e. The summed E-state index contributed by atoms with van der Waals surface area (Å²) in [6.07, 6.45) is 20.5. The van der Waals surface area contributed by atoms with Crippen molar-refractivity contribution in [2.45, 2.75) is 51.4 Å². The van der Waals surface area contributed by atoms with Crippen LogP contribution in [0.5, 0.6) is 0 Å².